The smallest absolute Gasteiger partial charge is 0.286 e. The minimum Gasteiger partial charge on any atom is -0.339 e. The quantitative estimate of drug-likeness (QED) is 0.703. The van der Waals surface area contributed by atoms with Crippen LogP contribution in [0.25, 0.3) is 0 Å². The molecule has 2 aromatic carbocycles. The van der Waals surface area contributed by atoms with Gasteiger partial charge in [0.15, 0.2) is 0 Å². The van der Waals surface area contributed by atoms with E-state index >= 15 is 0 Å². The highest BCUT2D eigenvalue weighted by molar-refractivity contribution is 8.13. The Balaban J connectivity index is 1.81. The molecule has 2 amide bonds. The molecule has 1 aliphatic heterocycles. The number of hydrogen-bond acceptors (Lipinski definition) is 5. The average molecular weight is 448 g/mol. The van der Waals surface area contributed by atoms with Crippen molar-refractivity contribution in [1.29, 1.82) is 0 Å². The molecule has 1 N–H and O–H groups in total. The summed E-state index contributed by atoms with van der Waals surface area (Å²) >= 11 is 1.01. The lowest BCUT2D eigenvalue weighted by molar-refractivity contribution is 0.102. The van der Waals surface area contributed by atoms with Crippen LogP contribution >= 0.6 is 11.8 Å². The molecule has 0 atom stereocenters. The summed E-state index contributed by atoms with van der Waals surface area (Å²) in [6.45, 7) is 1.01. The van der Waals surface area contributed by atoms with Crippen molar-refractivity contribution in [3.8, 4) is 0 Å². The first-order valence-electron chi connectivity index (χ1n) is 9.69. The predicted octanol–water partition coefficient (Wildman–Crippen LogP) is 3.89. The normalized spacial score (nSPS) is 14.9. The Morgan fingerprint density at radius 1 is 1.00 bits per heavy atom. The Labute approximate surface area is 181 Å². The third-order valence-electron chi connectivity index (χ3n) is 4.75. The molecule has 1 fully saturated rings. The van der Waals surface area contributed by atoms with Crippen molar-refractivity contribution in [2.24, 2.45) is 0 Å². The van der Waals surface area contributed by atoms with Crippen LogP contribution < -0.4 is 5.32 Å². The Hall–Kier alpha value is -2.36. The minimum atomic E-state index is -3.63. The van der Waals surface area contributed by atoms with Gasteiger partial charge in [0.2, 0.25) is 10.0 Å². The van der Waals surface area contributed by atoms with E-state index in [0.717, 1.165) is 31.0 Å². The van der Waals surface area contributed by atoms with Crippen LogP contribution in [-0.4, -0.2) is 56.0 Å². The zero-order valence-corrected chi connectivity index (χ0v) is 18.6. The molecule has 1 heterocycles. The van der Waals surface area contributed by atoms with Gasteiger partial charge in [-0.3, -0.25) is 9.59 Å². The number of carbonyl (C=O) groups is 2. The fourth-order valence-corrected chi connectivity index (χ4v) is 5.40. The van der Waals surface area contributed by atoms with Gasteiger partial charge in [0.1, 0.15) is 0 Å². The number of rotatable bonds is 5. The van der Waals surface area contributed by atoms with Gasteiger partial charge < -0.3 is 10.2 Å². The molecule has 1 aliphatic rings. The van der Waals surface area contributed by atoms with Crippen molar-refractivity contribution < 1.29 is 18.0 Å². The minimum absolute atomic E-state index is 0.113. The van der Waals surface area contributed by atoms with Crippen molar-refractivity contribution in [2.45, 2.75) is 29.1 Å². The molecule has 0 saturated carbocycles. The molecule has 9 heteroatoms. The first kappa shape index (κ1) is 22.3. The highest BCUT2D eigenvalue weighted by Crippen LogP contribution is 2.29. The standard InChI is InChI=1S/C21H25N3O4S2/c1-23(2)21(26)29-19-12-5-4-11-18(19)22-20(25)16-9-8-10-17(15-16)30(27,28)24-13-6-3-7-14-24/h4-5,8-12,15H,3,6-7,13-14H2,1-2H3,(H,22,25). The van der Waals surface area contributed by atoms with Crippen LogP contribution in [0.2, 0.25) is 0 Å². The highest BCUT2D eigenvalue weighted by Gasteiger charge is 2.26. The van der Waals surface area contributed by atoms with E-state index in [2.05, 4.69) is 5.32 Å². The second-order valence-corrected chi connectivity index (χ2v) is 10.1. The van der Waals surface area contributed by atoms with E-state index in [0.29, 0.717) is 23.7 Å². The maximum absolute atomic E-state index is 12.9. The van der Waals surface area contributed by atoms with Crippen molar-refractivity contribution in [3.63, 3.8) is 0 Å². The van der Waals surface area contributed by atoms with Crippen LogP contribution in [0.1, 0.15) is 29.6 Å². The van der Waals surface area contributed by atoms with Crippen molar-refractivity contribution in [1.82, 2.24) is 9.21 Å². The van der Waals surface area contributed by atoms with Crippen molar-refractivity contribution >= 4 is 38.6 Å². The summed E-state index contributed by atoms with van der Waals surface area (Å²) in [7, 11) is -0.310. The molecule has 1 saturated heterocycles. The second kappa shape index (κ2) is 9.63. The molecule has 0 unspecified atom stereocenters. The summed E-state index contributed by atoms with van der Waals surface area (Å²) in [6, 6.07) is 13.1. The molecular weight excluding hydrogens is 422 g/mol. The van der Waals surface area contributed by atoms with E-state index < -0.39 is 15.9 Å². The number of amides is 2. The van der Waals surface area contributed by atoms with Gasteiger partial charge in [0.05, 0.1) is 10.6 Å². The number of nitrogens with zero attached hydrogens (tertiary/aromatic N) is 2. The predicted molar refractivity (Wildman–Crippen MR) is 118 cm³/mol. The maximum Gasteiger partial charge on any atom is 0.286 e. The van der Waals surface area contributed by atoms with E-state index in [9.17, 15) is 18.0 Å². The number of anilines is 1. The van der Waals surface area contributed by atoms with Crippen LogP contribution in [0.3, 0.4) is 0 Å². The lowest BCUT2D eigenvalue weighted by Gasteiger charge is -2.26. The van der Waals surface area contributed by atoms with E-state index in [1.54, 1.807) is 50.5 Å². The number of nitrogens with one attached hydrogen (secondary N) is 1. The molecule has 2 aromatic rings. The number of carbonyl (C=O) groups excluding carboxylic acids is 2. The fourth-order valence-electron chi connectivity index (χ4n) is 3.09. The topological polar surface area (TPSA) is 86.8 Å². The number of piperidine rings is 1. The van der Waals surface area contributed by atoms with Crippen molar-refractivity contribution in [2.75, 3.05) is 32.5 Å². The molecule has 0 bridgehead atoms. The fraction of sp³-hybridized carbons (Fsp3) is 0.333. The first-order chi connectivity index (χ1) is 14.3. The number of hydrogen-bond donors (Lipinski definition) is 1. The lowest BCUT2D eigenvalue weighted by atomic mass is 10.2. The average Bonchev–Trinajstić information content (AvgIpc) is 2.75. The summed E-state index contributed by atoms with van der Waals surface area (Å²) in [5.74, 6) is -0.434. The zero-order valence-electron chi connectivity index (χ0n) is 17.0. The molecule has 0 aliphatic carbocycles. The third-order valence-corrected chi connectivity index (χ3v) is 7.76. The molecule has 160 valence electrons. The summed E-state index contributed by atoms with van der Waals surface area (Å²) in [6.07, 6.45) is 2.72. The van der Waals surface area contributed by atoms with Crippen LogP contribution in [0, 0.1) is 0 Å². The van der Waals surface area contributed by atoms with E-state index in [1.165, 1.54) is 21.3 Å². The molecule has 30 heavy (non-hydrogen) atoms. The van der Waals surface area contributed by atoms with Crippen LogP contribution in [-0.2, 0) is 10.0 Å². The molecule has 7 nitrogen and oxygen atoms in total. The molecule has 0 spiro atoms. The molecule has 0 radical (unpaired) electrons. The number of thioether (sulfide) groups is 1. The van der Waals surface area contributed by atoms with Gasteiger partial charge in [-0.05, 0) is 54.9 Å². The second-order valence-electron chi connectivity index (χ2n) is 7.21. The van der Waals surface area contributed by atoms with Gasteiger partial charge >= 0.3 is 0 Å². The molecule has 3 rings (SSSR count). The Bertz CT molecular complexity index is 1030. The van der Waals surface area contributed by atoms with E-state index in [1.807, 2.05) is 0 Å². The molecular formula is C21H25N3O4S2. The van der Waals surface area contributed by atoms with E-state index in [4.69, 9.17) is 0 Å². The number of sulfonamides is 1. The maximum atomic E-state index is 12.9. The SMILES string of the molecule is CN(C)C(=O)Sc1ccccc1NC(=O)c1cccc(S(=O)(=O)N2CCCCC2)c1. The van der Waals surface area contributed by atoms with Crippen molar-refractivity contribution in [3.05, 3.63) is 54.1 Å². The zero-order chi connectivity index (χ0) is 21.7. The monoisotopic (exact) mass is 447 g/mol. The van der Waals surface area contributed by atoms with Gasteiger partial charge in [-0.2, -0.15) is 4.31 Å². The summed E-state index contributed by atoms with van der Waals surface area (Å²) in [4.78, 5) is 27.0. The van der Waals surface area contributed by atoms with Crippen LogP contribution in [0.4, 0.5) is 10.5 Å². The third kappa shape index (κ3) is 5.21. The Morgan fingerprint density at radius 3 is 2.40 bits per heavy atom. The summed E-state index contributed by atoms with van der Waals surface area (Å²) in [5.41, 5.74) is 0.735. The Morgan fingerprint density at radius 2 is 1.70 bits per heavy atom. The summed E-state index contributed by atoms with van der Waals surface area (Å²) in [5, 5.41) is 2.63. The van der Waals surface area contributed by atoms with Gasteiger partial charge in [-0.1, -0.05) is 24.6 Å². The first-order valence-corrected chi connectivity index (χ1v) is 11.9. The van der Waals surface area contributed by atoms with Gasteiger partial charge in [-0.25, -0.2) is 8.42 Å². The van der Waals surface area contributed by atoms with Crippen LogP contribution in [0.5, 0.6) is 0 Å². The Kier molecular flexibility index (Phi) is 7.17. The van der Waals surface area contributed by atoms with Crippen LogP contribution in [0.15, 0.2) is 58.3 Å². The van der Waals surface area contributed by atoms with E-state index in [-0.39, 0.29) is 15.7 Å². The molecule has 0 aromatic heterocycles. The largest absolute Gasteiger partial charge is 0.339 e. The summed E-state index contributed by atoms with van der Waals surface area (Å²) < 4.78 is 27.3. The lowest BCUT2D eigenvalue weighted by Crippen LogP contribution is -2.35. The van der Waals surface area contributed by atoms with Gasteiger partial charge in [-0.15, -0.1) is 0 Å². The highest BCUT2D eigenvalue weighted by atomic mass is 32.2. The van der Waals surface area contributed by atoms with Gasteiger partial charge in [0.25, 0.3) is 11.1 Å². The number of benzene rings is 2. The van der Waals surface area contributed by atoms with Gasteiger partial charge in [0, 0.05) is 37.6 Å². The number of para-hydroxylation sites is 1.